The molecule has 0 bridgehead atoms. The predicted molar refractivity (Wildman–Crippen MR) is 69.7 cm³/mol. The maximum Gasteiger partial charge on any atom is 0.352 e. The van der Waals surface area contributed by atoms with Crippen LogP contribution in [0.15, 0.2) is 36.0 Å². The molecule has 1 amide bonds. The van der Waals surface area contributed by atoms with E-state index in [2.05, 4.69) is 5.32 Å². The first-order valence-electron chi connectivity index (χ1n) is 5.62. The van der Waals surface area contributed by atoms with Gasteiger partial charge in [0, 0.05) is 5.41 Å². The highest BCUT2D eigenvalue weighted by Crippen LogP contribution is 2.14. The number of carbonyl (C=O) groups excluding carboxylic acids is 1. The normalized spacial score (nSPS) is 12.1. The minimum Gasteiger partial charge on any atom is -0.477 e. The zero-order valence-corrected chi connectivity index (χ0v) is 10.7. The van der Waals surface area contributed by atoms with Gasteiger partial charge in [-0.15, -0.1) is 0 Å². The lowest BCUT2D eigenvalue weighted by Crippen LogP contribution is -2.36. The molecule has 0 aliphatic rings. The number of benzene rings is 1. The molecule has 18 heavy (non-hydrogen) atoms. The third-order valence-electron chi connectivity index (χ3n) is 2.27. The van der Waals surface area contributed by atoms with Crippen molar-refractivity contribution < 1.29 is 14.7 Å². The molecular formula is C14H17NO3. The number of nitrogens with one attached hydrogen (secondary N) is 1. The van der Waals surface area contributed by atoms with E-state index in [4.69, 9.17) is 5.11 Å². The Hall–Kier alpha value is -2.10. The molecule has 0 aliphatic heterocycles. The van der Waals surface area contributed by atoms with Gasteiger partial charge in [0.25, 0.3) is 0 Å². The summed E-state index contributed by atoms with van der Waals surface area (Å²) in [4.78, 5) is 22.8. The fraction of sp³-hybridized carbons (Fsp3) is 0.286. The molecule has 0 heterocycles. The molecule has 1 rings (SSSR count). The molecule has 0 spiro atoms. The molecule has 0 saturated heterocycles. The lowest BCUT2D eigenvalue weighted by molar-refractivity contribution is -0.136. The van der Waals surface area contributed by atoms with Gasteiger partial charge in [-0.25, -0.2) is 4.79 Å². The Morgan fingerprint density at radius 1 is 1.17 bits per heavy atom. The van der Waals surface area contributed by atoms with E-state index in [9.17, 15) is 9.59 Å². The molecule has 4 nitrogen and oxygen atoms in total. The second-order valence-electron chi connectivity index (χ2n) is 4.98. The van der Waals surface area contributed by atoms with Gasteiger partial charge in [-0.05, 0) is 11.6 Å². The van der Waals surface area contributed by atoms with E-state index in [-0.39, 0.29) is 11.6 Å². The van der Waals surface area contributed by atoms with Gasteiger partial charge < -0.3 is 10.4 Å². The van der Waals surface area contributed by atoms with Crippen molar-refractivity contribution in [3.05, 3.63) is 41.6 Å². The first kappa shape index (κ1) is 14.0. The van der Waals surface area contributed by atoms with Crippen LogP contribution < -0.4 is 5.32 Å². The molecule has 0 fully saturated rings. The minimum absolute atomic E-state index is 0.124. The smallest absolute Gasteiger partial charge is 0.352 e. The quantitative estimate of drug-likeness (QED) is 0.805. The maximum atomic E-state index is 11.8. The number of hydrogen-bond acceptors (Lipinski definition) is 2. The van der Waals surface area contributed by atoms with Crippen LogP contribution in [0, 0.1) is 5.41 Å². The van der Waals surface area contributed by atoms with Crippen LogP contribution in [-0.4, -0.2) is 17.0 Å². The monoisotopic (exact) mass is 247 g/mol. The van der Waals surface area contributed by atoms with E-state index in [1.807, 2.05) is 6.07 Å². The molecule has 0 saturated carbocycles. The van der Waals surface area contributed by atoms with E-state index < -0.39 is 11.4 Å². The van der Waals surface area contributed by atoms with Gasteiger partial charge in [-0.2, -0.15) is 0 Å². The number of carboxylic acid groups (broad SMARTS) is 1. The van der Waals surface area contributed by atoms with Crippen LogP contribution in [0.1, 0.15) is 26.3 Å². The number of carboxylic acids is 1. The first-order chi connectivity index (χ1) is 8.30. The summed E-state index contributed by atoms with van der Waals surface area (Å²) in [6, 6.07) is 8.98. The van der Waals surface area contributed by atoms with E-state index in [0.717, 1.165) is 5.56 Å². The van der Waals surface area contributed by atoms with Crippen molar-refractivity contribution in [2.45, 2.75) is 20.8 Å². The Kier molecular flexibility index (Phi) is 4.26. The number of hydrogen-bond donors (Lipinski definition) is 2. The summed E-state index contributed by atoms with van der Waals surface area (Å²) in [6.07, 6.45) is 1.44. The zero-order chi connectivity index (χ0) is 13.8. The predicted octanol–water partition coefficient (Wildman–Crippen LogP) is 2.27. The van der Waals surface area contributed by atoms with Crippen molar-refractivity contribution in [3.8, 4) is 0 Å². The molecule has 1 aromatic rings. The van der Waals surface area contributed by atoms with Gasteiger partial charge in [0.1, 0.15) is 5.70 Å². The maximum absolute atomic E-state index is 11.8. The van der Waals surface area contributed by atoms with Crippen LogP contribution in [0.5, 0.6) is 0 Å². The molecule has 0 unspecified atom stereocenters. The summed E-state index contributed by atoms with van der Waals surface area (Å²) in [5.74, 6) is -1.48. The summed E-state index contributed by atoms with van der Waals surface area (Å²) >= 11 is 0. The molecule has 2 N–H and O–H groups in total. The molecule has 4 heteroatoms. The van der Waals surface area contributed by atoms with E-state index in [1.54, 1.807) is 45.0 Å². The van der Waals surface area contributed by atoms with Crippen molar-refractivity contribution in [3.63, 3.8) is 0 Å². The standard InChI is InChI=1S/C14H17NO3/c1-14(2,3)13(18)15-11(12(16)17)9-10-7-5-4-6-8-10/h4-9H,1-3H3,(H,15,18)(H,16,17)/b11-9-. The lowest BCUT2D eigenvalue weighted by Gasteiger charge is -2.17. The average molecular weight is 247 g/mol. The highest BCUT2D eigenvalue weighted by atomic mass is 16.4. The Bertz CT molecular complexity index is 470. The second-order valence-corrected chi connectivity index (χ2v) is 4.98. The molecule has 0 radical (unpaired) electrons. The van der Waals surface area contributed by atoms with E-state index >= 15 is 0 Å². The van der Waals surface area contributed by atoms with Gasteiger partial charge in [-0.3, -0.25) is 4.79 Å². The second kappa shape index (κ2) is 5.49. The van der Waals surface area contributed by atoms with Crippen molar-refractivity contribution in [1.82, 2.24) is 5.32 Å². The third kappa shape index (κ3) is 4.05. The zero-order valence-electron chi connectivity index (χ0n) is 10.7. The summed E-state index contributed by atoms with van der Waals surface area (Å²) in [5.41, 5.74) is -0.0316. The van der Waals surface area contributed by atoms with Crippen molar-refractivity contribution in [1.29, 1.82) is 0 Å². The lowest BCUT2D eigenvalue weighted by atomic mass is 9.95. The fourth-order valence-electron chi connectivity index (χ4n) is 1.18. The minimum atomic E-state index is -1.16. The van der Waals surface area contributed by atoms with Crippen LogP contribution in [0.3, 0.4) is 0 Å². The number of aliphatic carboxylic acids is 1. The number of rotatable bonds is 3. The van der Waals surface area contributed by atoms with Crippen LogP contribution >= 0.6 is 0 Å². The SMILES string of the molecule is CC(C)(C)C(=O)N/C(=C\c1ccccc1)C(=O)O. The van der Waals surface area contributed by atoms with E-state index in [0.29, 0.717) is 0 Å². The Morgan fingerprint density at radius 3 is 2.17 bits per heavy atom. The van der Waals surface area contributed by atoms with Crippen LogP contribution in [0.25, 0.3) is 6.08 Å². The van der Waals surface area contributed by atoms with Crippen molar-refractivity contribution in [2.24, 2.45) is 5.41 Å². The Balaban J connectivity index is 2.95. The summed E-state index contributed by atoms with van der Waals surface area (Å²) in [7, 11) is 0. The Morgan fingerprint density at radius 2 is 1.72 bits per heavy atom. The number of amides is 1. The largest absolute Gasteiger partial charge is 0.477 e. The van der Waals surface area contributed by atoms with Gasteiger partial charge in [0.2, 0.25) is 5.91 Å². The molecule has 0 atom stereocenters. The molecule has 96 valence electrons. The highest BCUT2D eigenvalue weighted by Gasteiger charge is 2.23. The van der Waals surface area contributed by atoms with Crippen LogP contribution in [0.4, 0.5) is 0 Å². The van der Waals surface area contributed by atoms with Crippen molar-refractivity contribution in [2.75, 3.05) is 0 Å². The van der Waals surface area contributed by atoms with Gasteiger partial charge >= 0.3 is 5.97 Å². The van der Waals surface area contributed by atoms with Crippen LogP contribution in [-0.2, 0) is 9.59 Å². The highest BCUT2D eigenvalue weighted by molar-refractivity contribution is 5.97. The summed E-state index contributed by atoms with van der Waals surface area (Å²) in [5, 5.41) is 11.5. The molecule has 1 aromatic carbocycles. The molecule has 0 aromatic heterocycles. The summed E-state index contributed by atoms with van der Waals surface area (Å²) in [6.45, 7) is 5.18. The first-order valence-corrected chi connectivity index (χ1v) is 5.62. The topological polar surface area (TPSA) is 66.4 Å². The van der Waals surface area contributed by atoms with E-state index in [1.165, 1.54) is 6.08 Å². The van der Waals surface area contributed by atoms with Crippen LogP contribution in [0.2, 0.25) is 0 Å². The Labute approximate surface area is 106 Å². The molecular weight excluding hydrogens is 230 g/mol. The van der Waals surface area contributed by atoms with Gasteiger partial charge in [0.05, 0.1) is 0 Å². The summed E-state index contributed by atoms with van der Waals surface area (Å²) < 4.78 is 0. The molecule has 0 aliphatic carbocycles. The number of carbonyl (C=O) groups is 2. The van der Waals surface area contributed by atoms with Gasteiger partial charge in [0.15, 0.2) is 0 Å². The van der Waals surface area contributed by atoms with Gasteiger partial charge in [-0.1, -0.05) is 51.1 Å². The average Bonchev–Trinajstić information content (AvgIpc) is 2.28. The fourth-order valence-corrected chi connectivity index (χ4v) is 1.18. The third-order valence-corrected chi connectivity index (χ3v) is 2.27. The van der Waals surface area contributed by atoms with Crippen molar-refractivity contribution >= 4 is 18.0 Å².